The van der Waals surface area contributed by atoms with E-state index in [0.29, 0.717) is 23.5 Å². The summed E-state index contributed by atoms with van der Waals surface area (Å²) < 4.78 is 10.6. The van der Waals surface area contributed by atoms with E-state index < -0.39 is 6.29 Å². The van der Waals surface area contributed by atoms with Crippen LogP contribution in [-0.4, -0.2) is 24.0 Å². The van der Waals surface area contributed by atoms with Crippen LogP contribution >= 0.6 is 0 Å². The lowest BCUT2D eigenvalue weighted by Gasteiger charge is -2.13. The molecule has 0 saturated heterocycles. The van der Waals surface area contributed by atoms with Gasteiger partial charge in [0.1, 0.15) is 5.75 Å². The highest BCUT2D eigenvalue weighted by Crippen LogP contribution is 2.27. The van der Waals surface area contributed by atoms with Crippen LogP contribution in [0.2, 0.25) is 0 Å². The van der Waals surface area contributed by atoms with E-state index in [2.05, 4.69) is 61.7 Å². The van der Waals surface area contributed by atoms with E-state index in [4.69, 9.17) is 9.47 Å². The van der Waals surface area contributed by atoms with Crippen LogP contribution < -0.4 is 4.74 Å². The lowest BCUT2D eigenvalue weighted by atomic mass is 9.99. The summed E-state index contributed by atoms with van der Waals surface area (Å²) in [5.74, 6) is 0.264. The Morgan fingerprint density at radius 1 is 0.818 bits per heavy atom. The Morgan fingerprint density at radius 3 is 1.73 bits per heavy atom. The van der Waals surface area contributed by atoms with Gasteiger partial charge >= 0.3 is 5.97 Å². The van der Waals surface area contributed by atoms with Gasteiger partial charge in [-0.1, -0.05) is 73.8 Å². The molecule has 0 fully saturated rings. The number of carbonyl (C=O) groups excluding carboxylic acids is 1. The highest BCUT2D eigenvalue weighted by molar-refractivity contribution is 5.86. The van der Waals surface area contributed by atoms with Crippen LogP contribution in [-0.2, 0) is 16.0 Å². The van der Waals surface area contributed by atoms with E-state index in [0.717, 1.165) is 35.1 Å². The van der Waals surface area contributed by atoms with Crippen LogP contribution in [0.15, 0.2) is 97.1 Å². The molecule has 0 saturated carbocycles. The van der Waals surface area contributed by atoms with Gasteiger partial charge in [-0.2, -0.15) is 0 Å². The first-order valence-electron chi connectivity index (χ1n) is 11.0. The van der Waals surface area contributed by atoms with Crippen molar-refractivity contribution in [2.75, 3.05) is 6.61 Å². The number of benzene rings is 3. The Balaban J connectivity index is 1.57. The fourth-order valence-corrected chi connectivity index (χ4v) is 3.24. The molecule has 4 heteroatoms. The molecular weight excluding hydrogens is 412 g/mol. The van der Waals surface area contributed by atoms with E-state index in [1.54, 1.807) is 13.8 Å². The number of aryl methyl sites for hydroxylation is 1. The molecule has 0 aromatic heterocycles. The van der Waals surface area contributed by atoms with Crippen LogP contribution in [0.4, 0.5) is 0 Å². The molecule has 0 aliphatic heterocycles. The summed E-state index contributed by atoms with van der Waals surface area (Å²) in [5.41, 5.74) is 6.66. The summed E-state index contributed by atoms with van der Waals surface area (Å²) in [5, 5.41) is 9.77. The third kappa shape index (κ3) is 6.93. The smallest absolute Gasteiger partial charge is 0.333 e. The third-order valence-corrected chi connectivity index (χ3v) is 5.22. The van der Waals surface area contributed by atoms with Crippen molar-refractivity contribution < 1.29 is 19.4 Å². The minimum atomic E-state index is -0.999. The van der Waals surface area contributed by atoms with E-state index in [1.807, 2.05) is 24.3 Å². The van der Waals surface area contributed by atoms with Crippen molar-refractivity contribution in [3.8, 4) is 28.0 Å². The zero-order chi connectivity index (χ0) is 23.8. The van der Waals surface area contributed by atoms with Crippen molar-refractivity contribution in [3.63, 3.8) is 0 Å². The highest BCUT2D eigenvalue weighted by atomic mass is 16.6. The number of carbonyl (C=O) groups is 1. The fourth-order valence-electron chi connectivity index (χ4n) is 3.24. The maximum atomic E-state index is 11.4. The fraction of sp³-hybridized carbons (Fsp3) is 0.207. The number of hydrogen-bond donors (Lipinski definition) is 1. The zero-order valence-electron chi connectivity index (χ0n) is 19.2. The van der Waals surface area contributed by atoms with Gasteiger partial charge in [-0.15, -0.1) is 0 Å². The molecule has 0 bridgehead atoms. The quantitative estimate of drug-likeness (QED) is 0.131. The minimum Gasteiger partial charge on any atom is -0.462 e. The number of aliphatic hydroxyl groups is 1. The summed E-state index contributed by atoms with van der Waals surface area (Å²) in [4.78, 5) is 11.4. The molecule has 3 aromatic rings. The van der Waals surface area contributed by atoms with Crippen LogP contribution in [0.5, 0.6) is 5.75 Å². The number of hydrogen-bond acceptors (Lipinski definition) is 4. The van der Waals surface area contributed by atoms with Gasteiger partial charge in [-0.05, 0) is 72.2 Å². The molecule has 0 aliphatic carbocycles. The molecule has 4 nitrogen and oxygen atoms in total. The largest absolute Gasteiger partial charge is 0.462 e. The molecule has 0 radical (unpaired) electrons. The van der Waals surface area contributed by atoms with Crippen LogP contribution in [0.1, 0.15) is 25.8 Å². The van der Waals surface area contributed by atoms with E-state index in [9.17, 15) is 9.90 Å². The standard InChI is InChI=1S/C29H30O4/c1-20(2)28(30)32-19-5-6-22-7-9-23(10-8-22)24-11-13-25(14-12-24)26-15-17-27(18-16-26)33-29(31)21(3)4/h7-18,29,31H,1,3,5-6,19H2,2,4H3. The SMILES string of the molecule is C=C(C)C(=O)OCCCc1ccc(-c2ccc(-c3ccc(OC(O)C(=C)C)cc3)cc2)cc1. The topological polar surface area (TPSA) is 55.8 Å². The Labute approximate surface area is 195 Å². The van der Waals surface area contributed by atoms with Gasteiger partial charge in [-0.3, -0.25) is 0 Å². The maximum absolute atomic E-state index is 11.4. The van der Waals surface area contributed by atoms with Gasteiger partial charge in [0.25, 0.3) is 0 Å². The van der Waals surface area contributed by atoms with Crippen molar-refractivity contribution >= 4 is 5.97 Å². The van der Waals surface area contributed by atoms with Gasteiger partial charge < -0.3 is 14.6 Å². The third-order valence-electron chi connectivity index (χ3n) is 5.22. The second-order valence-electron chi connectivity index (χ2n) is 8.14. The first-order valence-corrected chi connectivity index (χ1v) is 11.0. The van der Waals surface area contributed by atoms with Crippen molar-refractivity contribution in [3.05, 3.63) is 103 Å². The molecule has 1 atom stereocenters. The summed E-state index contributed by atoms with van der Waals surface area (Å²) in [6, 6.07) is 24.5. The molecule has 0 spiro atoms. The van der Waals surface area contributed by atoms with Crippen LogP contribution in [0.25, 0.3) is 22.3 Å². The van der Waals surface area contributed by atoms with Gasteiger partial charge in [0, 0.05) is 5.57 Å². The number of rotatable bonds is 10. The predicted octanol–water partition coefficient (Wildman–Crippen LogP) is 6.35. The average molecular weight is 443 g/mol. The summed E-state index contributed by atoms with van der Waals surface area (Å²) in [6.07, 6.45) is 0.634. The molecule has 0 aliphatic rings. The molecule has 0 amide bonds. The normalized spacial score (nSPS) is 11.5. The maximum Gasteiger partial charge on any atom is 0.333 e. The predicted molar refractivity (Wildman–Crippen MR) is 133 cm³/mol. The first kappa shape index (κ1) is 24.0. The molecule has 33 heavy (non-hydrogen) atoms. The van der Waals surface area contributed by atoms with Crippen molar-refractivity contribution in [2.24, 2.45) is 0 Å². The molecule has 3 rings (SSSR count). The Morgan fingerprint density at radius 2 is 1.27 bits per heavy atom. The molecular formula is C29H30O4. The average Bonchev–Trinajstić information content (AvgIpc) is 2.82. The van der Waals surface area contributed by atoms with Crippen molar-refractivity contribution in [2.45, 2.75) is 33.0 Å². The van der Waals surface area contributed by atoms with E-state index in [1.165, 1.54) is 5.56 Å². The van der Waals surface area contributed by atoms with Gasteiger partial charge in [0.15, 0.2) is 0 Å². The molecule has 1 unspecified atom stereocenters. The van der Waals surface area contributed by atoms with E-state index in [-0.39, 0.29) is 5.97 Å². The van der Waals surface area contributed by atoms with Gasteiger partial charge in [0.05, 0.1) is 6.61 Å². The molecule has 3 aromatic carbocycles. The first-order chi connectivity index (χ1) is 15.8. The summed E-state index contributed by atoms with van der Waals surface area (Å²) in [7, 11) is 0. The lowest BCUT2D eigenvalue weighted by Crippen LogP contribution is -2.15. The molecule has 170 valence electrons. The van der Waals surface area contributed by atoms with Crippen molar-refractivity contribution in [1.29, 1.82) is 0 Å². The zero-order valence-corrected chi connectivity index (χ0v) is 19.2. The Hall–Kier alpha value is -3.63. The Bertz CT molecular complexity index is 1090. The molecule has 1 N–H and O–H groups in total. The molecule has 0 heterocycles. The highest BCUT2D eigenvalue weighted by Gasteiger charge is 2.07. The Kier molecular flexibility index (Phi) is 8.22. The van der Waals surface area contributed by atoms with Crippen LogP contribution in [0, 0.1) is 0 Å². The van der Waals surface area contributed by atoms with E-state index >= 15 is 0 Å². The monoisotopic (exact) mass is 442 g/mol. The van der Waals surface area contributed by atoms with Gasteiger partial charge in [-0.25, -0.2) is 4.79 Å². The second kappa shape index (κ2) is 11.3. The summed E-state index contributed by atoms with van der Waals surface area (Å²) >= 11 is 0. The minimum absolute atomic E-state index is 0.334. The number of esters is 1. The number of ether oxygens (including phenoxy) is 2. The van der Waals surface area contributed by atoms with Crippen molar-refractivity contribution in [1.82, 2.24) is 0 Å². The number of aliphatic hydroxyl groups excluding tert-OH is 1. The lowest BCUT2D eigenvalue weighted by molar-refractivity contribution is -0.139. The van der Waals surface area contributed by atoms with Crippen LogP contribution in [0.3, 0.4) is 0 Å². The second-order valence-corrected chi connectivity index (χ2v) is 8.14. The summed E-state index contributed by atoms with van der Waals surface area (Å²) in [6.45, 7) is 11.0. The van der Waals surface area contributed by atoms with Gasteiger partial charge in [0.2, 0.25) is 6.29 Å².